The van der Waals surface area contributed by atoms with Crippen LogP contribution in [0, 0.1) is 6.92 Å². The van der Waals surface area contributed by atoms with Gasteiger partial charge in [-0.05, 0) is 40.5 Å². The summed E-state index contributed by atoms with van der Waals surface area (Å²) in [6.45, 7) is 1.74. The van der Waals surface area contributed by atoms with E-state index in [0.717, 1.165) is 10.0 Å². The average molecular weight is 341 g/mol. The van der Waals surface area contributed by atoms with Gasteiger partial charge in [0.2, 0.25) is 5.88 Å². The maximum Gasteiger partial charge on any atom is 0.346 e. The largest absolute Gasteiger partial charge is 0.496 e. The molecule has 106 valence electrons. The van der Waals surface area contributed by atoms with E-state index in [9.17, 15) is 4.79 Å². The molecule has 0 radical (unpaired) electrons. The lowest BCUT2D eigenvalue weighted by molar-refractivity contribution is 0.0472. The maximum absolute atomic E-state index is 11.9. The van der Waals surface area contributed by atoms with E-state index in [2.05, 4.69) is 21.1 Å². The fraction of sp³-hybridized carbons (Fsp3) is 0.231. The Bertz CT molecular complexity index is 620. The van der Waals surface area contributed by atoms with Crippen LogP contribution in [0.15, 0.2) is 27.2 Å². The zero-order chi connectivity index (χ0) is 14.7. The third-order valence-electron chi connectivity index (χ3n) is 2.68. The second kappa shape index (κ2) is 5.96. The van der Waals surface area contributed by atoms with Crippen molar-refractivity contribution in [1.82, 2.24) is 5.16 Å². The molecule has 0 saturated carbocycles. The van der Waals surface area contributed by atoms with Crippen molar-refractivity contribution in [1.29, 1.82) is 0 Å². The lowest BCUT2D eigenvalue weighted by atomic mass is 10.2. The number of aromatic nitrogens is 1. The number of esters is 1. The number of carbonyl (C=O) groups excluding carboxylic acids is 1. The van der Waals surface area contributed by atoms with E-state index >= 15 is 0 Å². The molecular formula is C13H13BrN2O4. The number of methoxy groups -OCH3 is 1. The number of nitrogens with two attached hydrogens (primary N) is 1. The Morgan fingerprint density at radius 3 is 2.80 bits per heavy atom. The van der Waals surface area contributed by atoms with Gasteiger partial charge in [0.15, 0.2) is 0 Å². The molecule has 2 N–H and O–H groups in total. The molecular weight excluding hydrogens is 328 g/mol. The summed E-state index contributed by atoms with van der Waals surface area (Å²) in [6.07, 6.45) is 0. The first-order valence-corrected chi connectivity index (χ1v) is 6.53. The van der Waals surface area contributed by atoms with Gasteiger partial charge in [-0.15, -0.1) is 0 Å². The minimum atomic E-state index is -0.562. The third kappa shape index (κ3) is 2.93. The van der Waals surface area contributed by atoms with Crippen LogP contribution in [0.2, 0.25) is 0 Å². The molecule has 0 atom stereocenters. The van der Waals surface area contributed by atoms with Crippen LogP contribution in [-0.2, 0) is 11.3 Å². The van der Waals surface area contributed by atoms with Crippen molar-refractivity contribution in [3.63, 3.8) is 0 Å². The summed E-state index contributed by atoms with van der Waals surface area (Å²) < 4.78 is 15.8. The maximum atomic E-state index is 11.9. The number of anilines is 1. The zero-order valence-corrected chi connectivity index (χ0v) is 12.6. The van der Waals surface area contributed by atoms with Crippen LogP contribution in [0.4, 0.5) is 5.88 Å². The summed E-state index contributed by atoms with van der Waals surface area (Å²) in [7, 11) is 1.58. The number of nitrogen functional groups attached to an aromatic ring is 1. The first kappa shape index (κ1) is 14.4. The molecule has 0 aliphatic heterocycles. The minimum Gasteiger partial charge on any atom is -0.496 e. The van der Waals surface area contributed by atoms with Crippen molar-refractivity contribution in [2.24, 2.45) is 0 Å². The van der Waals surface area contributed by atoms with Gasteiger partial charge in [-0.25, -0.2) is 4.79 Å². The highest BCUT2D eigenvalue weighted by Gasteiger charge is 2.19. The van der Waals surface area contributed by atoms with Gasteiger partial charge in [0.1, 0.15) is 17.9 Å². The fourth-order valence-corrected chi connectivity index (χ4v) is 2.24. The van der Waals surface area contributed by atoms with Gasteiger partial charge in [0.05, 0.1) is 17.3 Å². The summed E-state index contributed by atoms with van der Waals surface area (Å²) >= 11 is 3.37. The van der Waals surface area contributed by atoms with Crippen LogP contribution in [0.3, 0.4) is 0 Å². The number of carbonyl (C=O) groups is 1. The van der Waals surface area contributed by atoms with Crippen molar-refractivity contribution in [2.45, 2.75) is 13.5 Å². The van der Waals surface area contributed by atoms with Gasteiger partial charge < -0.3 is 19.7 Å². The Balaban J connectivity index is 2.06. The number of aryl methyl sites for hydroxylation is 1. The van der Waals surface area contributed by atoms with Crippen molar-refractivity contribution >= 4 is 27.8 Å². The molecule has 0 bridgehead atoms. The highest BCUT2D eigenvalue weighted by atomic mass is 79.9. The van der Waals surface area contributed by atoms with Gasteiger partial charge in [-0.1, -0.05) is 11.2 Å². The van der Waals surface area contributed by atoms with Gasteiger partial charge in [-0.3, -0.25) is 0 Å². The van der Waals surface area contributed by atoms with Crippen LogP contribution in [-0.4, -0.2) is 18.2 Å². The molecule has 0 amide bonds. The van der Waals surface area contributed by atoms with Gasteiger partial charge >= 0.3 is 5.97 Å². The normalized spacial score (nSPS) is 10.3. The average Bonchev–Trinajstić information content (AvgIpc) is 2.76. The van der Waals surface area contributed by atoms with Crippen LogP contribution in [0.5, 0.6) is 5.75 Å². The van der Waals surface area contributed by atoms with E-state index in [1.807, 2.05) is 6.07 Å². The molecule has 20 heavy (non-hydrogen) atoms. The van der Waals surface area contributed by atoms with E-state index in [4.69, 9.17) is 19.7 Å². The smallest absolute Gasteiger partial charge is 0.346 e. The van der Waals surface area contributed by atoms with E-state index in [1.165, 1.54) is 0 Å². The summed E-state index contributed by atoms with van der Waals surface area (Å²) in [4.78, 5) is 11.9. The molecule has 7 heteroatoms. The Morgan fingerprint density at radius 1 is 1.50 bits per heavy atom. The second-order valence-electron chi connectivity index (χ2n) is 4.05. The van der Waals surface area contributed by atoms with E-state index in [-0.39, 0.29) is 18.1 Å². The highest BCUT2D eigenvalue weighted by Crippen LogP contribution is 2.26. The highest BCUT2D eigenvalue weighted by molar-refractivity contribution is 9.10. The summed E-state index contributed by atoms with van der Waals surface area (Å²) in [6, 6.07) is 5.41. The van der Waals surface area contributed by atoms with E-state index in [0.29, 0.717) is 11.4 Å². The van der Waals surface area contributed by atoms with Crippen molar-refractivity contribution in [3.8, 4) is 5.75 Å². The number of hydrogen-bond acceptors (Lipinski definition) is 6. The van der Waals surface area contributed by atoms with Crippen molar-refractivity contribution in [2.75, 3.05) is 12.8 Å². The molecule has 1 aromatic heterocycles. The van der Waals surface area contributed by atoms with Crippen molar-refractivity contribution < 1.29 is 18.8 Å². The Labute approximate surface area is 124 Å². The van der Waals surface area contributed by atoms with E-state index in [1.54, 1.807) is 26.2 Å². The summed E-state index contributed by atoms with van der Waals surface area (Å²) in [5.41, 5.74) is 6.91. The second-order valence-corrected chi connectivity index (χ2v) is 4.91. The standard InChI is InChI=1S/C13H13BrN2O4/c1-7-11(12(15)20-16-7)13(17)19-6-8-3-4-10(18-2)9(14)5-8/h3-5H,6,15H2,1-2H3. The van der Waals surface area contributed by atoms with Crippen LogP contribution < -0.4 is 10.5 Å². The number of nitrogens with zero attached hydrogens (tertiary/aromatic N) is 1. The van der Waals surface area contributed by atoms with Crippen LogP contribution in [0.1, 0.15) is 21.6 Å². The monoisotopic (exact) mass is 340 g/mol. The Hall–Kier alpha value is -2.02. The first-order chi connectivity index (χ1) is 9.52. The molecule has 0 aliphatic rings. The fourth-order valence-electron chi connectivity index (χ4n) is 1.66. The molecule has 0 fully saturated rings. The Morgan fingerprint density at radius 2 is 2.25 bits per heavy atom. The molecule has 6 nitrogen and oxygen atoms in total. The predicted octanol–water partition coefficient (Wildman–Crippen LogP) is 2.69. The molecule has 2 aromatic rings. The van der Waals surface area contributed by atoms with E-state index < -0.39 is 5.97 Å². The SMILES string of the molecule is COc1ccc(COC(=O)c2c(C)noc2N)cc1Br. The number of hydrogen-bond donors (Lipinski definition) is 1. The molecule has 0 aliphatic carbocycles. The molecule has 1 heterocycles. The number of benzene rings is 1. The number of rotatable bonds is 4. The number of halogens is 1. The van der Waals surface area contributed by atoms with Crippen LogP contribution in [0.25, 0.3) is 0 Å². The lowest BCUT2D eigenvalue weighted by Gasteiger charge is -2.07. The first-order valence-electron chi connectivity index (χ1n) is 5.74. The van der Waals surface area contributed by atoms with Crippen molar-refractivity contribution in [3.05, 3.63) is 39.5 Å². The zero-order valence-electron chi connectivity index (χ0n) is 11.0. The molecule has 0 saturated heterocycles. The topological polar surface area (TPSA) is 87.6 Å². The Kier molecular flexibility index (Phi) is 4.29. The quantitative estimate of drug-likeness (QED) is 0.861. The molecule has 2 rings (SSSR count). The lowest BCUT2D eigenvalue weighted by Crippen LogP contribution is -2.08. The van der Waals surface area contributed by atoms with Gasteiger partial charge in [-0.2, -0.15) is 0 Å². The summed E-state index contributed by atoms with van der Waals surface area (Å²) in [5, 5.41) is 3.60. The third-order valence-corrected chi connectivity index (χ3v) is 3.30. The number of ether oxygens (including phenoxy) is 2. The minimum absolute atomic E-state index is 0.0385. The summed E-state index contributed by atoms with van der Waals surface area (Å²) in [5.74, 6) is 0.107. The predicted molar refractivity (Wildman–Crippen MR) is 75.5 cm³/mol. The molecule has 0 spiro atoms. The molecule has 1 aromatic carbocycles. The molecule has 0 unspecified atom stereocenters. The van der Waals surface area contributed by atoms with Crippen LogP contribution >= 0.6 is 15.9 Å². The van der Waals surface area contributed by atoms with Gasteiger partial charge in [0, 0.05) is 0 Å². The van der Waals surface area contributed by atoms with Gasteiger partial charge in [0.25, 0.3) is 0 Å².